The lowest BCUT2D eigenvalue weighted by atomic mass is 9.98. The van der Waals surface area contributed by atoms with E-state index in [0.717, 1.165) is 0 Å². The van der Waals surface area contributed by atoms with Gasteiger partial charge in [0.2, 0.25) is 27.6 Å². The zero-order chi connectivity index (χ0) is 22.0. The zero-order valence-corrected chi connectivity index (χ0v) is 17.6. The van der Waals surface area contributed by atoms with E-state index in [-0.39, 0.29) is 22.5 Å². The van der Waals surface area contributed by atoms with E-state index in [1.54, 1.807) is 24.3 Å². The molecule has 1 saturated heterocycles. The number of rotatable bonds is 5. The molecule has 0 unspecified atom stereocenters. The van der Waals surface area contributed by atoms with E-state index in [4.69, 9.17) is 4.52 Å². The van der Waals surface area contributed by atoms with E-state index >= 15 is 0 Å². The highest BCUT2D eigenvalue weighted by Crippen LogP contribution is 2.31. The highest BCUT2D eigenvalue weighted by Gasteiger charge is 2.32. The van der Waals surface area contributed by atoms with Gasteiger partial charge in [0.15, 0.2) is 0 Å². The molecule has 162 valence electrons. The fourth-order valence-electron chi connectivity index (χ4n) is 3.52. The van der Waals surface area contributed by atoms with Crippen molar-refractivity contribution >= 4 is 21.6 Å². The van der Waals surface area contributed by atoms with E-state index in [1.807, 2.05) is 0 Å². The van der Waals surface area contributed by atoms with Crippen molar-refractivity contribution in [3.63, 3.8) is 0 Å². The lowest BCUT2D eigenvalue weighted by molar-refractivity contribution is -0.114. The third-order valence-corrected chi connectivity index (χ3v) is 7.07. The van der Waals surface area contributed by atoms with Crippen LogP contribution in [0.1, 0.15) is 31.6 Å². The number of halogens is 1. The average molecular weight is 444 g/mol. The summed E-state index contributed by atoms with van der Waals surface area (Å²) in [5.41, 5.74) is 1.19. The summed E-state index contributed by atoms with van der Waals surface area (Å²) in [4.78, 5) is 15.7. The minimum Gasteiger partial charge on any atom is -0.339 e. The second-order valence-corrected chi connectivity index (χ2v) is 9.28. The van der Waals surface area contributed by atoms with Gasteiger partial charge in [-0.3, -0.25) is 4.79 Å². The summed E-state index contributed by atoms with van der Waals surface area (Å²) in [5.74, 6) is 0.225. The summed E-state index contributed by atoms with van der Waals surface area (Å²) in [7, 11) is -3.64. The second-order valence-electron chi connectivity index (χ2n) is 7.35. The number of anilines is 1. The van der Waals surface area contributed by atoms with Crippen LogP contribution in [0.15, 0.2) is 57.9 Å². The minimum atomic E-state index is -3.64. The van der Waals surface area contributed by atoms with Crippen molar-refractivity contribution < 1.29 is 22.1 Å². The highest BCUT2D eigenvalue weighted by molar-refractivity contribution is 7.89. The van der Waals surface area contributed by atoms with Crippen molar-refractivity contribution in [2.24, 2.45) is 0 Å². The molecule has 1 aliphatic heterocycles. The van der Waals surface area contributed by atoms with Gasteiger partial charge < -0.3 is 9.84 Å². The average Bonchev–Trinajstić information content (AvgIpc) is 3.25. The molecule has 8 nitrogen and oxygen atoms in total. The zero-order valence-electron chi connectivity index (χ0n) is 16.8. The minimum absolute atomic E-state index is 0.0460. The summed E-state index contributed by atoms with van der Waals surface area (Å²) in [6.07, 6.45) is 1.10. The first kappa shape index (κ1) is 21.1. The number of carbonyl (C=O) groups is 1. The molecule has 31 heavy (non-hydrogen) atoms. The number of nitrogens with one attached hydrogen (secondary N) is 1. The van der Waals surface area contributed by atoms with Gasteiger partial charge in [0.25, 0.3) is 0 Å². The Balaban J connectivity index is 1.41. The molecule has 3 aromatic rings. The maximum atomic E-state index is 13.1. The molecule has 4 rings (SSSR count). The van der Waals surface area contributed by atoms with Crippen LogP contribution >= 0.6 is 0 Å². The summed E-state index contributed by atoms with van der Waals surface area (Å²) in [6, 6.07) is 11.9. The van der Waals surface area contributed by atoms with Gasteiger partial charge in [-0.25, -0.2) is 12.8 Å². The molecule has 0 atom stereocenters. The number of amides is 1. The van der Waals surface area contributed by atoms with Crippen molar-refractivity contribution in [2.45, 2.75) is 30.6 Å². The first-order valence-electron chi connectivity index (χ1n) is 9.80. The molecule has 2 heterocycles. The molecule has 1 fully saturated rings. The van der Waals surface area contributed by atoms with Crippen LogP contribution < -0.4 is 5.32 Å². The molecule has 1 aromatic heterocycles. The topological polar surface area (TPSA) is 105 Å². The molecule has 0 saturated carbocycles. The second kappa shape index (κ2) is 8.56. The summed E-state index contributed by atoms with van der Waals surface area (Å²) >= 11 is 0. The van der Waals surface area contributed by atoms with E-state index in [1.165, 1.54) is 35.5 Å². The molecule has 0 radical (unpaired) electrons. The number of hydrogen-bond donors (Lipinski definition) is 1. The highest BCUT2D eigenvalue weighted by atomic mass is 32.2. The molecule has 1 amide bonds. The standard InChI is InChI=1S/C21H21FN4O4S/c1-14(27)23-18-6-8-19(9-7-18)31(28,29)26-12-10-16(11-13-26)21-24-20(25-30-21)15-2-4-17(22)5-3-15/h2-9,16H,10-13H2,1H3,(H,23,27). The molecule has 0 spiro atoms. The fraction of sp³-hybridized carbons (Fsp3) is 0.286. The molecule has 2 aromatic carbocycles. The Kier molecular flexibility index (Phi) is 5.84. The van der Waals surface area contributed by atoms with Crippen molar-refractivity contribution in [2.75, 3.05) is 18.4 Å². The van der Waals surface area contributed by atoms with Crippen LogP contribution in [0.3, 0.4) is 0 Å². The van der Waals surface area contributed by atoms with Gasteiger partial charge in [0.05, 0.1) is 4.90 Å². The number of hydrogen-bond acceptors (Lipinski definition) is 6. The Labute approximate surface area is 179 Å². The van der Waals surface area contributed by atoms with Crippen molar-refractivity contribution in [3.8, 4) is 11.4 Å². The van der Waals surface area contributed by atoms with E-state index in [9.17, 15) is 17.6 Å². The van der Waals surface area contributed by atoms with Gasteiger partial charge in [-0.15, -0.1) is 0 Å². The first-order valence-corrected chi connectivity index (χ1v) is 11.2. The molecule has 0 bridgehead atoms. The van der Waals surface area contributed by atoms with Crippen LogP contribution in [0, 0.1) is 5.82 Å². The third-order valence-electron chi connectivity index (χ3n) is 5.16. The normalized spacial score (nSPS) is 15.7. The van der Waals surface area contributed by atoms with Gasteiger partial charge in [-0.2, -0.15) is 9.29 Å². The Hall–Kier alpha value is -3.11. The lowest BCUT2D eigenvalue weighted by Gasteiger charge is -2.29. The van der Waals surface area contributed by atoms with Crippen LogP contribution in [0.4, 0.5) is 10.1 Å². The van der Waals surface area contributed by atoms with Crippen LogP contribution in [0.2, 0.25) is 0 Å². The number of piperidine rings is 1. The molecular formula is C21H21FN4O4S. The van der Waals surface area contributed by atoms with Crippen molar-refractivity contribution in [3.05, 3.63) is 60.2 Å². The van der Waals surface area contributed by atoms with E-state index in [0.29, 0.717) is 48.9 Å². The Morgan fingerprint density at radius 2 is 1.74 bits per heavy atom. The monoisotopic (exact) mass is 444 g/mol. The number of carbonyl (C=O) groups excluding carboxylic acids is 1. The predicted octanol–water partition coefficient (Wildman–Crippen LogP) is 3.40. The van der Waals surface area contributed by atoms with Gasteiger partial charge in [-0.1, -0.05) is 5.16 Å². The SMILES string of the molecule is CC(=O)Nc1ccc(S(=O)(=O)N2CCC(c3nc(-c4ccc(F)cc4)no3)CC2)cc1. The molecular weight excluding hydrogens is 423 g/mol. The van der Waals surface area contributed by atoms with E-state index in [2.05, 4.69) is 15.5 Å². The summed E-state index contributed by atoms with van der Waals surface area (Å²) < 4.78 is 45.8. The van der Waals surface area contributed by atoms with Crippen molar-refractivity contribution in [1.29, 1.82) is 0 Å². The lowest BCUT2D eigenvalue weighted by Crippen LogP contribution is -2.37. The van der Waals surface area contributed by atoms with Gasteiger partial charge in [-0.05, 0) is 61.4 Å². The maximum absolute atomic E-state index is 13.1. The Morgan fingerprint density at radius 3 is 2.35 bits per heavy atom. The number of sulfonamides is 1. The predicted molar refractivity (Wildman–Crippen MR) is 111 cm³/mol. The third kappa shape index (κ3) is 4.64. The number of nitrogens with zero attached hydrogens (tertiary/aromatic N) is 3. The van der Waals surface area contributed by atoms with Gasteiger partial charge in [0.1, 0.15) is 5.82 Å². The quantitative estimate of drug-likeness (QED) is 0.647. The molecule has 1 N–H and O–H groups in total. The van der Waals surface area contributed by atoms with Gasteiger partial charge in [0, 0.05) is 37.2 Å². The van der Waals surface area contributed by atoms with Crippen LogP contribution in [0.5, 0.6) is 0 Å². The first-order chi connectivity index (χ1) is 14.8. The molecule has 0 aliphatic carbocycles. The smallest absolute Gasteiger partial charge is 0.243 e. The summed E-state index contributed by atoms with van der Waals surface area (Å²) in [5, 5.41) is 6.58. The number of aromatic nitrogens is 2. The Bertz CT molecular complexity index is 1170. The summed E-state index contributed by atoms with van der Waals surface area (Å²) in [6.45, 7) is 2.05. The Morgan fingerprint density at radius 1 is 1.10 bits per heavy atom. The van der Waals surface area contributed by atoms with Crippen molar-refractivity contribution in [1.82, 2.24) is 14.4 Å². The van der Waals surface area contributed by atoms with Gasteiger partial charge >= 0.3 is 0 Å². The fourth-order valence-corrected chi connectivity index (χ4v) is 4.99. The molecule has 1 aliphatic rings. The van der Waals surface area contributed by atoms with Crippen LogP contribution in [-0.4, -0.2) is 41.9 Å². The number of benzene rings is 2. The van der Waals surface area contributed by atoms with E-state index < -0.39 is 10.0 Å². The maximum Gasteiger partial charge on any atom is 0.243 e. The largest absolute Gasteiger partial charge is 0.339 e. The molecule has 10 heteroatoms. The van der Waals surface area contributed by atoms with Crippen LogP contribution in [0.25, 0.3) is 11.4 Å². The van der Waals surface area contributed by atoms with Crippen LogP contribution in [-0.2, 0) is 14.8 Å².